The van der Waals surface area contributed by atoms with Gasteiger partial charge >= 0.3 is 0 Å². The van der Waals surface area contributed by atoms with Crippen LogP contribution in [0.1, 0.15) is 60.5 Å². The molecular weight excluding hydrogens is 588 g/mol. The van der Waals surface area contributed by atoms with Gasteiger partial charge < -0.3 is 14.6 Å². The monoisotopic (exact) mass is 622 g/mol. The van der Waals surface area contributed by atoms with Crippen molar-refractivity contribution in [3.8, 4) is 5.75 Å². The fourth-order valence-corrected chi connectivity index (χ4v) is 4.17. The third-order valence-electron chi connectivity index (χ3n) is 4.81. The Morgan fingerprint density at radius 2 is 1.65 bits per heavy atom. The number of rotatable bonds is 9. The zero-order chi connectivity index (χ0) is 24.2. The molecule has 1 rings (SSSR count). The SMILES string of the molecule is CCC(C)C.C\C=C(/C=C\C(=C\Br)OC)C(C)(C)c1cc(Br)c(OCC(C)O)c(Br)c1. The maximum atomic E-state index is 9.44. The quantitative estimate of drug-likeness (QED) is 0.221. The van der Waals surface area contributed by atoms with E-state index in [9.17, 15) is 5.11 Å². The van der Waals surface area contributed by atoms with E-state index in [4.69, 9.17) is 9.47 Å². The lowest BCUT2D eigenvalue weighted by atomic mass is 9.77. The lowest BCUT2D eigenvalue weighted by Gasteiger charge is -2.28. The molecule has 0 bridgehead atoms. The molecule has 0 fully saturated rings. The highest BCUT2D eigenvalue weighted by atomic mass is 79.9. The smallest absolute Gasteiger partial charge is 0.147 e. The molecule has 1 atom stereocenters. The Balaban J connectivity index is 0.00000161. The number of ether oxygens (including phenoxy) is 2. The topological polar surface area (TPSA) is 38.7 Å². The summed E-state index contributed by atoms with van der Waals surface area (Å²) in [7, 11) is 1.64. The molecule has 0 amide bonds. The van der Waals surface area contributed by atoms with Gasteiger partial charge in [-0.3, -0.25) is 0 Å². The average Bonchev–Trinajstić information content (AvgIpc) is 2.70. The molecular formula is C25H37Br3O3. The Kier molecular flexibility index (Phi) is 15.0. The minimum atomic E-state index is -0.526. The Morgan fingerprint density at radius 3 is 2.00 bits per heavy atom. The van der Waals surface area contributed by atoms with Gasteiger partial charge in [-0.05, 0) is 81.0 Å². The van der Waals surface area contributed by atoms with Gasteiger partial charge in [0.05, 0.1) is 22.2 Å². The van der Waals surface area contributed by atoms with Crippen molar-refractivity contribution < 1.29 is 14.6 Å². The molecule has 6 heteroatoms. The van der Waals surface area contributed by atoms with E-state index in [0.717, 1.165) is 31.8 Å². The van der Waals surface area contributed by atoms with Crippen LogP contribution in [-0.4, -0.2) is 24.9 Å². The normalized spacial score (nSPS) is 13.8. The first-order valence-corrected chi connectivity index (χ1v) is 12.9. The van der Waals surface area contributed by atoms with Crippen LogP contribution >= 0.6 is 47.8 Å². The maximum Gasteiger partial charge on any atom is 0.147 e. The molecule has 0 aliphatic carbocycles. The Hall–Kier alpha value is -0.560. The molecule has 176 valence electrons. The summed E-state index contributed by atoms with van der Waals surface area (Å²) in [6.07, 6.45) is 6.85. The van der Waals surface area contributed by atoms with Crippen LogP contribution < -0.4 is 4.74 Å². The van der Waals surface area contributed by atoms with Crippen LogP contribution in [0.2, 0.25) is 0 Å². The number of aliphatic hydroxyl groups is 1. The fourth-order valence-electron chi connectivity index (χ4n) is 2.42. The van der Waals surface area contributed by atoms with Crippen molar-refractivity contribution in [2.75, 3.05) is 13.7 Å². The highest BCUT2D eigenvalue weighted by Gasteiger charge is 2.26. The molecule has 1 N–H and O–H groups in total. The standard InChI is InChI=1S/C20H25Br3O3.C5H12/c1-6-14(7-8-16(11-21)25-5)20(3,4)15-9-17(22)19(18(23)10-15)26-12-13(2)24;1-4-5(2)3/h6-11,13,24H,12H2,1-5H3;5H,4H2,1-3H3/b8-7-,14-6+,16-11-;. The number of methoxy groups -OCH3 is 1. The molecule has 3 nitrogen and oxygen atoms in total. The van der Waals surface area contributed by atoms with Gasteiger partial charge in [-0.25, -0.2) is 0 Å². The molecule has 1 unspecified atom stereocenters. The molecule has 0 saturated heterocycles. The number of aliphatic hydroxyl groups excluding tert-OH is 1. The van der Waals surface area contributed by atoms with Gasteiger partial charge in [-0.1, -0.05) is 69.1 Å². The third kappa shape index (κ3) is 10.7. The van der Waals surface area contributed by atoms with Crippen molar-refractivity contribution in [2.45, 2.75) is 66.4 Å². The van der Waals surface area contributed by atoms with E-state index in [1.54, 1.807) is 19.0 Å². The average molecular weight is 625 g/mol. The summed E-state index contributed by atoms with van der Waals surface area (Å²) in [6, 6.07) is 4.11. The summed E-state index contributed by atoms with van der Waals surface area (Å²) in [5.41, 5.74) is 2.04. The van der Waals surface area contributed by atoms with Gasteiger partial charge in [0.25, 0.3) is 0 Å². The van der Waals surface area contributed by atoms with Crippen molar-refractivity contribution in [3.05, 3.63) is 61.2 Å². The largest absolute Gasteiger partial charge is 0.496 e. The molecule has 0 spiro atoms. The third-order valence-corrected chi connectivity index (χ3v) is 6.44. The lowest BCUT2D eigenvalue weighted by molar-refractivity contribution is 0.122. The van der Waals surface area contributed by atoms with E-state index in [1.807, 2.05) is 13.0 Å². The second-order valence-electron chi connectivity index (χ2n) is 8.15. The molecule has 0 radical (unpaired) electrons. The predicted octanol–water partition coefficient (Wildman–Crippen LogP) is 8.69. The van der Waals surface area contributed by atoms with Crippen molar-refractivity contribution >= 4 is 47.8 Å². The number of hydrogen-bond donors (Lipinski definition) is 1. The highest BCUT2D eigenvalue weighted by Crippen LogP contribution is 2.41. The molecule has 31 heavy (non-hydrogen) atoms. The van der Waals surface area contributed by atoms with Crippen LogP contribution in [0.5, 0.6) is 5.75 Å². The minimum Gasteiger partial charge on any atom is -0.496 e. The Labute approximate surface area is 214 Å². The molecule has 0 aliphatic rings. The first kappa shape index (κ1) is 30.4. The minimum absolute atomic E-state index is 0.232. The van der Waals surface area contributed by atoms with Gasteiger partial charge in [0.15, 0.2) is 0 Å². The van der Waals surface area contributed by atoms with E-state index in [2.05, 4.69) is 107 Å². The second kappa shape index (κ2) is 15.3. The van der Waals surface area contributed by atoms with Crippen LogP contribution in [0.3, 0.4) is 0 Å². The fraction of sp³-hybridized carbons (Fsp3) is 0.520. The first-order valence-electron chi connectivity index (χ1n) is 10.4. The van der Waals surface area contributed by atoms with Gasteiger partial charge in [0, 0.05) is 10.4 Å². The molecule has 1 aromatic carbocycles. The lowest BCUT2D eigenvalue weighted by Crippen LogP contribution is -2.20. The van der Waals surface area contributed by atoms with Crippen LogP contribution in [0.25, 0.3) is 0 Å². The van der Waals surface area contributed by atoms with E-state index in [-0.39, 0.29) is 12.0 Å². The van der Waals surface area contributed by atoms with E-state index in [1.165, 1.54) is 6.42 Å². The van der Waals surface area contributed by atoms with Crippen LogP contribution in [0.4, 0.5) is 0 Å². The Bertz CT molecular complexity index is 740. The Morgan fingerprint density at radius 1 is 1.13 bits per heavy atom. The maximum absolute atomic E-state index is 9.44. The van der Waals surface area contributed by atoms with Crippen LogP contribution in [0, 0.1) is 5.92 Å². The van der Waals surface area contributed by atoms with Crippen molar-refractivity contribution in [3.63, 3.8) is 0 Å². The number of halogens is 3. The van der Waals surface area contributed by atoms with Gasteiger partial charge in [0.2, 0.25) is 0 Å². The van der Waals surface area contributed by atoms with Crippen molar-refractivity contribution in [1.29, 1.82) is 0 Å². The summed E-state index contributed by atoms with van der Waals surface area (Å²) in [5, 5.41) is 9.44. The molecule has 0 aromatic heterocycles. The zero-order valence-corrected chi connectivity index (χ0v) is 24.7. The summed E-state index contributed by atoms with van der Waals surface area (Å²) < 4.78 is 12.6. The van der Waals surface area contributed by atoms with E-state index < -0.39 is 6.10 Å². The van der Waals surface area contributed by atoms with Crippen molar-refractivity contribution in [1.82, 2.24) is 0 Å². The highest BCUT2D eigenvalue weighted by molar-refractivity contribution is 9.11. The molecule has 1 aromatic rings. The van der Waals surface area contributed by atoms with E-state index in [0.29, 0.717) is 5.75 Å². The number of hydrogen-bond acceptors (Lipinski definition) is 3. The van der Waals surface area contributed by atoms with Gasteiger partial charge in [-0.15, -0.1) is 0 Å². The van der Waals surface area contributed by atoms with Crippen molar-refractivity contribution in [2.24, 2.45) is 5.92 Å². The van der Waals surface area contributed by atoms with Crippen LogP contribution in [0.15, 0.2) is 55.6 Å². The zero-order valence-electron chi connectivity index (χ0n) is 19.9. The van der Waals surface area contributed by atoms with Gasteiger partial charge in [-0.2, -0.15) is 0 Å². The van der Waals surface area contributed by atoms with E-state index >= 15 is 0 Å². The molecule has 0 saturated carbocycles. The predicted molar refractivity (Wildman–Crippen MR) is 144 cm³/mol. The molecule has 0 heterocycles. The number of allylic oxidation sites excluding steroid dienone is 4. The summed E-state index contributed by atoms with van der Waals surface area (Å²) >= 11 is 10.5. The second-order valence-corrected chi connectivity index (χ2v) is 10.3. The van der Waals surface area contributed by atoms with Crippen LogP contribution in [-0.2, 0) is 10.2 Å². The summed E-state index contributed by atoms with van der Waals surface area (Å²) in [6.45, 7) is 14.9. The number of benzene rings is 1. The first-order chi connectivity index (χ1) is 14.4. The molecule has 0 aliphatic heterocycles. The summed E-state index contributed by atoms with van der Waals surface area (Å²) in [4.78, 5) is 1.74. The summed E-state index contributed by atoms with van der Waals surface area (Å²) in [5.74, 6) is 2.31. The van der Waals surface area contributed by atoms with Gasteiger partial charge in [0.1, 0.15) is 18.1 Å².